The average molecular weight is 641 g/mol. The van der Waals surface area contributed by atoms with Crippen molar-refractivity contribution in [2.45, 2.75) is 187 Å². The number of hydrogen-bond donors (Lipinski definition) is 0. The molecule has 0 N–H and O–H groups in total. The Morgan fingerprint density at radius 3 is 1.50 bits per heavy atom. The van der Waals surface area contributed by atoms with E-state index in [4.69, 9.17) is 0 Å². The topological polar surface area (TPSA) is 6.48 Å². The van der Waals surface area contributed by atoms with Crippen LogP contribution in [0.25, 0.3) is 0 Å². The molecule has 0 radical (unpaired) electrons. The maximum absolute atomic E-state index is 4.26. The minimum atomic E-state index is 0.880. The monoisotopic (exact) mass is 641 g/mol. The van der Waals surface area contributed by atoms with E-state index in [1.807, 2.05) is 0 Å². The molecule has 2 nitrogen and oxygen atoms in total. The Kier molecular flexibility index (Phi) is 35.8. The average Bonchev–Trinajstić information content (AvgIpc) is 3.04. The molecule has 46 heavy (non-hydrogen) atoms. The van der Waals surface area contributed by atoms with E-state index in [-0.39, 0.29) is 0 Å². The lowest BCUT2D eigenvalue weighted by atomic mass is 9.93. The van der Waals surface area contributed by atoms with Gasteiger partial charge in [0.25, 0.3) is 0 Å². The first-order chi connectivity index (χ1) is 22.5. The van der Waals surface area contributed by atoms with Crippen LogP contribution in [0.2, 0.25) is 0 Å². The van der Waals surface area contributed by atoms with Crippen LogP contribution >= 0.6 is 0 Å². The van der Waals surface area contributed by atoms with Gasteiger partial charge in [-0.1, -0.05) is 152 Å². The van der Waals surface area contributed by atoms with Gasteiger partial charge in [0.05, 0.1) is 0 Å². The predicted molar refractivity (Wildman–Crippen MR) is 212 cm³/mol. The molecule has 0 saturated heterocycles. The summed E-state index contributed by atoms with van der Waals surface area (Å²) < 4.78 is 0. The largest absolute Gasteiger partial charge is 0.308 e. The maximum Gasteiger partial charge on any atom is 0.0106 e. The van der Waals surface area contributed by atoms with E-state index in [2.05, 4.69) is 87.8 Å². The van der Waals surface area contributed by atoms with Crippen LogP contribution in [0.15, 0.2) is 48.6 Å². The summed E-state index contributed by atoms with van der Waals surface area (Å²) in [6, 6.07) is 0. The van der Waals surface area contributed by atoms with Gasteiger partial charge in [0.15, 0.2) is 0 Å². The van der Waals surface area contributed by atoms with Crippen LogP contribution in [0.3, 0.4) is 0 Å². The van der Waals surface area contributed by atoms with Gasteiger partial charge in [0.2, 0.25) is 0 Å². The molecule has 0 heterocycles. The predicted octanol–water partition coefficient (Wildman–Crippen LogP) is 13.9. The lowest BCUT2D eigenvalue weighted by Crippen LogP contribution is -2.32. The van der Waals surface area contributed by atoms with Crippen LogP contribution in [0.4, 0.5) is 0 Å². The highest BCUT2D eigenvalue weighted by atomic mass is 15.1. The van der Waals surface area contributed by atoms with Crippen LogP contribution in [0.5, 0.6) is 0 Å². The molecule has 0 aliphatic rings. The summed E-state index contributed by atoms with van der Waals surface area (Å²) in [4.78, 5) is 4.91. The molecule has 1 unspecified atom stereocenters. The smallest absolute Gasteiger partial charge is 0.0106 e. The molecule has 0 aromatic carbocycles. The van der Waals surface area contributed by atoms with Gasteiger partial charge in [0, 0.05) is 19.6 Å². The van der Waals surface area contributed by atoms with Crippen molar-refractivity contribution in [3.8, 4) is 0 Å². The lowest BCUT2D eigenvalue weighted by Gasteiger charge is -2.25. The first-order valence-electron chi connectivity index (χ1n) is 20.4. The van der Waals surface area contributed by atoms with E-state index in [1.54, 1.807) is 0 Å². The molecule has 0 saturated carbocycles. The molecular weight excluding hydrogens is 556 g/mol. The standard InChI is InChI=1S/C44H84N2/c1-7-9-11-12-13-14-15-16-17-18-19-20-24-27-30-34-38-44(42-46(6)41-40-45(4)5)39-35-31-28-25-22-21-23-26-29-33-37-43(3)36-32-10-8-2/h13-14,16-17,26,29,44H,3,7-12,15,18-25,27-28,30-42H2,1-2,4-6H3/b14-13-,17-16-,29-26-. The minimum Gasteiger partial charge on any atom is -0.308 e. The molecule has 0 aliphatic carbocycles. The summed E-state index contributed by atoms with van der Waals surface area (Å²) in [6.07, 6.45) is 50.6. The van der Waals surface area contributed by atoms with E-state index >= 15 is 0 Å². The second-order valence-electron chi connectivity index (χ2n) is 14.7. The number of hydrogen-bond acceptors (Lipinski definition) is 2. The van der Waals surface area contributed by atoms with Crippen LogP contribution in [-0.2, 0) is 0 Å². The van der Waals surface area contributed by atoms with Crippen molar-refractivity contribution in [3.05, 3.63) is 48.6 Å². The quantitative estimate of drug-likeness (QED) is 0.0496. The normalized spacial score (nSPS) is 13.0. The van der Waals surface area contributed by atoms with E-state index < -0.39 is 0 Å². The number of rotatable bonds is 36. The van der Waals surface area contributed by atoms with Gasteiger partial charge >= 0.3 is 0 Å². The van der Waals surface area contributed by atoms with Crippen LogP contribution < -0.4 is 0 Å². The molecular formula is C44H84N2. The Hall–Kier alpha value is -1.12. The fraction of sp³-hybridized carbons (Fsp3) is 0.818. The molecule has 2 heteroatoms. The third-order valence-corrected chi connectivity index (χ3v) is 9.51. The van der Waals surface area contributed by atoms with Crippen molar-refractivity contribution in [2.75, 3.05) is 40.8 Å². The first kappa shape index (κ1) is 44.9. The molecule has 0 spiro atoms. The maximum atomic E-state index is 4.26. The van der Waals surface area contributed by atoms with Crippen LogP contribution in [0.1, 0.15) is 187 Å². The molecule has 0 bridgehead atoms. The van der Waals surface area contributed by atoms with Crippen LogP contribution in [0, 0.1) is 5.92 Å². The fourth-order valence-electron chi connectivity index (χ4n) is 6.33. The summed E-state index contributed by atoms with van der Waals surface area (Å²) in [5.74, 6) is 0.880. The third kappa shape index (κ3) is 35.7. The van der Waals surface area contributed by atoms with Crippen molar-refractivity contribution >= 4 is 0 Å². The van der Waals surface area contributed by atoms with Gasteiger partial charge in [-0.15, -0.1) is 0 Å². The number of unbranched alkanes of at least 4 members (excludes halogenated alkanes) is 17. The van der Waals surface area contributed by atoms with Gasteiger partial charge in [-0.2, -0.15) is 0 Å². The lowest BCUT2D eigenvalue weighted by molar-refractivity contribution is 0.228. The summed E-state index contributed by atoms with van der Waals surface area (Å²) in [5, 5.41) is 0. The Morgan fingerprint density at radius 1 is 0.500 bits per heavy atom. The Balaban J connectivity index is 3.97. The van der Waals surface area contributed by atoms with E-state index in [0.717, 1.165) is 18.9 Å². The molecule has 270 valence electrons. The number of nitrogens with zero attached hydrogens (tertiary/aromatic N) is 2. The van der Waals surface area contributed by atoms with Crippen molar-refractivity contribution in [2.24, 2.45) is 5.92 Å². The molecule has 0 fully saturated rings. The molecule has 0 aromatic rings. The zero-order chi connectivity index (χ0) is 33.8. The first-order valence-corrected chi connectivity index (χ1v) is 20.4. The van der Waals surface area contributed by atoms with Crippen LogP contribution in [-0.4, -0.2) is 50.6 Å². The van der Waals surface area contributed by atoms with Gasteiger partial charge in [-0.25, -0.2) is 0 Å². The summed E-state index contributed by atoms with van der Waals surface area (Å²) in [5.41, 5.74) is 1.45. The van der Waals surface area contributed by atoms with Crippen molar-refractivity contribution in [1.29, 1.82) is 0 Å². The van der Waals surface area contributed by atoms with E-state index in [1.165, 1.54) is 186 Å². The Morgan fingerprint density at radius 2 is 0.957 bits per heavy atom. The Labute approximate surface area is 291 Å². The zero-order valence-corrected chi connectivity index (χ0v) is 32.4. The van der Waals surface area contributed by atoms with Gasteiger partial charge in [-0.05, 0) is 111 Å². The van der Waals surface area contributed by atoms with Gasteiger partial charge in [-0.3, -0.25) is 0 Å². The number of likely N-dealkylation sites (N-methyl/N-ethyl adjacent to an activating group) is 2. The van der Waals surface area contributed by atoms with Crippen molar-refractivity contribution < 1.29 is 0 Å². The molecule has 0 aromatic heterocycles. The van der Waals surface area contributed by atoms with E-state index in [0.29, 0.717) is 0 Å². The fourth-order valence-corrected chi connectivity index (χ4v) is 6.33. The second kappa shape index (κ2) is 36.7. The zero-order valence-electron chi connectivity index (χ0n) is 32.4. The van der Waals surface area contributed by atoms with Crippen molar-refractivity contribution in [3.63, 3.8) is 0 Å². The summed E-state index contributed by atoms with van der Waals surface area (Å²) >= 11 is 0. The van der Waals surface area contributed by atoms with Gasteiger partial charge < -0.3 is 9.80 Å². The summed E-state index contributed by atoms with van der Waals surface area (Å²) in [6.45, 7) is 12.4. The van der Waals surface area contributed by atoms with E-state index in [9.17, 15) is 0 Å². The highest BCUT2D eigenvalue weighted by Crippen LogP contribution is 2.21. The Bertz CT molecular complexity index is 703. The third-order valence-electron chi connectivity index (χ3n) is 9.51. The molecule has 0 aliphatic heterocycles. The highest BCUT2D eigenvalue weighted by molar-refractivity contribution is 4.97. The van der Waals surface area contributed by atoms with Gasteiger partial charge in [0.1, 0.15) is 0 Å². The highest BCUT2D eigenvalue weighted by Gasteiger charge is 2.12. The number of allylic oxidation sites excluding steroid dienone is 7. The minimum absolute atomic E-state index is 0.880. The molecule has 0 amide bonds. The molecule has 0 rings (SSSR count). The molecule has 1 atom stereocenters. The second-order valence-corrected chi connectivity index (χ2v) is 14.7. The SMILES string of the molecule is C=C(CC/C=C\CCCCCCCCC(CCCCCCCC/C=C\C/C=C\CCCCC)CN(C)CCN(C)C)CCCCC. The summed E-state index contributed by atoms with van der Waals surface area (Å²) in [7, 11) is 6.73. The van der Waals surface area contributed by atoms with Crippen molar-refractivity contribution in [1.82, 2.24) is 9.80 Å².